The molecule has 0 amide bonds. The number of ether oxygens (including phenoxy) is 2. The number of nitrogens with two attached hydrogens (primary N) is 1. The summed E-state index contributed by atoms with van der Waals surface area (Å²) in [6, 6.07) is 12.9. The normalized spacial score (nSPS) is 11.2. The zero-order valence-electron chi connectivity index (χ0n) is 14.4. The molecule has 3 aromatic rings. The summed E-state index contributed by atoms with van der Waals surface area (Å²) in [5.74, 6) is -0.519. The van der Waals surface area contributed by atoms with Crippen molar-refractivity contribution in [2.45, 2.75) is 11.5 Å². The average molecular weight is 387 g/mol. The lowest BCUT2D eigenvalue weighted by atomic mass is 10.2. The summed E-state index contributed by atoms with van der Waals surface area (Å²) in [6.45, 7) is 0.0149. The van der Waals surface area contributed by atoms with Gasteiger partial charge in [0.1, 0.15) is 17.9 Å². The van der Waals surface area contributed by atoms with Crippen LogP contribution < -0.4 is 9.88 Å². The lowest BCUT2D eigenvalue weighted by Gasteiger charge is -2.10. The fraction of sp³-hybridized carbons (Fsp3) is 0.111. The van der Waals surface area contributed by atoms with E-state index in [1.807, 2.05) is 36.5 Å². The summed E-state index contributed by atoms with van der Waals surface area (Å²) >= 11 is 0. The second-order valence-electron chi connectivity index (χ2n) is 5.60. The van der Waals surface area contributed by atoms with Crippen LogP contribution in [0.5, 0.6) is 5.75 Å². The van der Waals surface area contributed by atoms with Crippen LogP contribution in [0.1, 0.15) is 15.9 Å². The van der Waals surface area contributed by atoms with Crippen molar-refractivity contribution in [3.05, 3.63) is 72.1 Å². The number of rotatable bonds is 6. The number of nitrogens with zero attached hydrogens (tertiary/aromatic N) is 2. The summed E-state index contributed by atoms with van der Waals surface area (Å²) in [6.07, 6.45) is 3.50. The molecule has 9 heteroatoms. The van der Waals surface area contributed by atoms with E-state index < -0.39 is 16.0 Å². The first-order valence-electron chi connectivity index (χ1n) is 7.85. The predicted molar refractivity (Wildman–Crippen MR) is 97.1 cm³/mol. The van der Waals surface area contributed by atoms with Crippen molar-refractivity contribution in [3.8, 4) is 11.4 Å². The van der Waals surface area contributed by atoms with Crippen molar-refractivity contribution in [1.29, 1.82) is 0 Å². The molecule has 140 valence electrons. The monoisotopic (exact) mass is 387 g/mol. The molecule has 3 rings (SSSR count). The van der Waals surface area contributed by atoms with E-state index in [0.717, 1.165) is 17.3 Å². The first-order valence-corrected chi connectivity index (χ1v) is 9.40. The zero-order chi connectivity index (χ0) is 19.4. The van der Waals surface area contributed by atoms with Gasteiger partial charge in [0, 0.05) is 12.4 Å². The van der Waals surface area contributed by atoms with E-state index in [4.69, 9.17) is 14.6 Å². The fourth-order valence-electron chi connectivity index (χ4n) is 2.42. The molecule has 0 atom stereocenters. The third kappa shape index (κ3) is 4.33. The Morgan fingerprint density at radius 1 is 1.19 bits per heavy atom. The molecule has 0 saturated heterocycles. The Bertz CT molecular complexity index is 1050. The SMILES string of the molecule is COc1ccc(S(N)(=O)=O)cc1C(=O)OCc1ccc(-n2cccn2)cc1. The number of carbonyl (C=O) groups is 1. The smallest absolute Gasteiger partial charge is 0.342 e. The van der Waals surface area contributed by atoms with Gasteiger partial charge in [-0.2, -0.15) is 5.10 Å². The molecule has 0 aliphatic carbocycles. The highest BCUT2D eigenvalue weighted by atomic mass is 32.2. The molecule has 0 unspecified atom stereocenters. The minimum absolute atomic E-state index is 0.0149. The topological polar surface area (TPSA) is 114 Å². The van der Waals surface area contributed by atoms with Gasteiger partial charge in [-0.25, -0.2) is 23.0 Å². The molecule has 27 heavy (non-hydrogen) atoms. The predicted octanol–water partition coefficient (Wildman–Crippen LogP) is 1.89. The van der Waals surface area contributed by atoms with Gasteiger partial charge in [0.05, 0.1) is 17.7 Å². The molecule has 0 aliphatic heterocycles. The zero-order valence-corrected chi connectivity index (χ0v) is 15.2. The molecule has 0 bridgehead atoms. The summed E-state index contributed by atoms with van der Waals surface area (Å²) in [7, 11) is -2.58. The number of aromatic nitrogens is 2. The Balaban J connectivity index is 1.74. The Morgan fingerprint density at radius 3 is 2.52 bits per heavy atom. The highest BCUT2D eigenvalue weighted by molar-refractivity contribution is 7.89. The molecule has 2 aromatic carbocycles. The van der Waals surface area contributed by atoms with E-state index in [0.29, 0.717) is 0 Å². The van der Waals surface area contributed by atoms with Crippen LogP contribution in [0.3, 0.4) is 0 Å². The number of benzene rings is 2. The van der Waals surface area contributed by atoms with Crippen LogP contribution in [0.25, 0.3) is 5.69 Å². The van der Waals surface area contributed by atoms with Gasteiger partial charge in [-0.3, -0.25) is 0 Å². The number of primary sulfonamides is 1. The van der Waals surface area contributed by atoms with Gasteiger partial charge in [0.15, 0.2) is 0 Å². The Kier molecular flexibility index (Phi) is 5.24. The van der Waals surface area contributed by atoms with Gasteiger partial charge in [0.25, 0.3) is 0 Å². The van der Waals surface area contributed by atoms with Gasteiger partial charge >= 0.3 is 5.97 Å². The highest BCUT2D eigenvalue weighted by Gasteiger charge is 2.18. The first kappa shape index (κ1) is 18.6. The fourth-order valence-corrected chi connectivity index (χ4v) is 2.96. The molecule has 0 fully saturated rings. The van der Waals surface area contributed by atoms with E-state index >= 15 is 0 Å². The molecular formula is C18H17N3O5S. The van der Waals surface area contributed by atoms with E-state index in [9.17, 15) is 13.2 Å². The molecule has 0 aliphatic rings. The van der Waals surface area contributed by atoms with Crippen molar-refractivity contribution in [2.24, 2.45) is 5.14 Å². The van der Waals surface area contributed by atoms with Crippen LogP contribution in [0.4, 0.5) is 0 Å². The number of methoxy groups -OCH3 is 1. The Morgan fingerprint density at radius 2 is 1.93 bits per heavy atom. The second-order valence-corrected chi connectivity index (χ2v) is 7.16. The maximum Gasteiger partial charge on any atom is 0.342 e. The van der Waals surface area contributed by atoms with Crippen molar-refractivity contribution in [3.63, 3.8) is 0 Å². The number of hydrogen-bond donors (Lipinski definition) is 1. The number of esters is 1. The van der Waals surface area contributed by atoms with Crippen LogP contribution in [-0.4, -0.2) is 31.3 Å². The quantitative estimate of drug-likeness (QED) is 0.646. The van der Waals surface area contributed by atoms with E-state index in [1.54, 1.807) is 10.9 Å². The molecule has 1 aromatic heterocycles. The number of carbonyl (C=O) groups excluding carboxylic acids is 1. The number of hydrogen-bond acceptors (Lipinski definition) is 6. The van der Waals surface area contributed by atoms with E-state index in [2.05, 4.69) is 5.10 Å². The molecule has 1 heterocycles. The first-order chi connectivity index (χ1) is 12.9. The van der Waals surface area contributed by atoms with Crippen molar-refractivity contribution in [1.82, 2.24) is 9.78 Å². The average Bonchev–Trinajstić information content (AvgIpc) is 3.20. The van der Waals surface area contributed by atoms with Crippen LogP contribution in [0, 0.1) is 0 Å². The van der Waals surface area contributed by atoms with Gasteiger partial charge in [-0.05, 0) is 42.0 Å². The van der Waals surface area contributed by atoms with Crippen molar-refractivity contribution >= 4 is 16.0 Å². The minimum Gasteiger partial charge on any atom is -0.496 e. The Labute approximate surface area is 156 Å². The van der Waals surface area contributed by atoms with Crippen LogP contribution in [-0.2, 0) is 21.4 Å². The van der Waals surface area contributed by atoms with Gasteiger partial charge in [0.2, 0.25) is 10.0 Å². The van der Waals surface area contributed by atoms with Crippen LogP contribution in [0.15, 0.2) is 65.8 Å². The summed E-state index contributed by atoms with van der Waals surface area (Å²) in [4.78, 5) is 12.2. The summed E-state index contributed by atoms with van der Waals surface area (Å²) in [5.41, 5.74) is 1.62. The third-order valence-corrected chi connectivity index (χ3v) is 4.71. The second kappa shape index (κ2) is 7.60. The summed E-state index contributed by atoms with van der Waals surface area (Å²) < 4.78 is 35.1. The molecule has 0 saturated carbocycles. The number of sulfonamides is 1. The lowest BCUT2D eigenvalue weighted by Crippen LogP contribution is -2.14. The highest BCUT2D eigenvalue weighted by Crippen LogP contribution is 2.23. The van der Waals surface area contributed by atoms with Gasteiger partial charge < -0.3 is 9.47 Å². The van der Waals surface area contributed by atoms with E-state index in [-0.39, 0.29) is 22.8 Å². The molecule has 8 nitrogen and oxygen atoms in total. The molecule has 0 spiro atoms. The maximum atomic E-state index is 12.4. The van der Waals surface area contributed by atoms with Crippen LogP contribution in [0.2, 0.25) is 0 Å². The lowest BCUT2D eigenvalue weighted by molar-refractivity contribution is 0.0468. The molecule has 2 N–H and O–H groups in total. The van der Waals surface area contributed by atoms with Crippen LogP contribution >= 0.6 is 0 Å². The van der Waals surface area contributed by atoms with E-state index in [1.165, 1.54) is 19.2 Å². The maximum absolute atomic E-state index is 12.4. The molecule has 0 radical (unpaired) electrons. The third-order valence-electron chi connectivity index (χ3n) is 3.79. The molecular weight excluding hydrogens is 370 g/mol. The standard InChI is InChI=1S/C18H17N3O5S/c1-25-17-8-7-15(27(19,23)24)11-16(17)18(22)26-12-13-3-5-14(6-4-13)21-10-2-9-20-21/h2-11H,12H2,1H3,(H2,19,23,24). The van der Waals surface area contributed by atoms with Crippen molar-refractivity contribution < 1.29 is 22.7 Å². The minimum atomic E-state index is -3.95. The van der Waals surface area contributed by atoms with Gasteiger partial charge in [-0.15, -0.1) is 0 Å². The Hall–Kier alpha value is -3.17. The summed E-state index contributed by atoms with van der Waals surface area (Å²) in [5, 5.41) is 9.24. The van der Waals surface area contributed by atoms with Gasteiger partial charge in [-0.1, -0.05) is 12.1 Å². The van der Waals surface area contributed by atoms with Crippen molar-refractivity contribution in [2.75, 3.05) is 7.11 Å². The largest absolute Gasteiger partial charge is 0.496 e.